The topological polar surface area (TPSA) is 84.3 Å². The lowest BCUT2D eigenvalue weighted by Crippen LogP contribution is -2.46. The van der Waals surface area contributed by atoms with Gasteiger partial charge in [0, 0.05) is 0 Å². The maximum Gasteiger partial charge on any atom is 0.416 e. The van der Waals surface area contributed by atoms with Gasteiger partial charge in [-0.15, -0.1) is 11.8 Å². The molecule has 1 aromatic heterocycles. The Hall–Kier alpha value is -3.34. The molecule has 1 aliphatic rings. The van der Waals surface area contributed by atoms with Crippen molar-refractivity contribution in [2.45, 2.75) is 25.0 Å². The molecule has 4 rings (SSSR count). The second kappa shape index (κ2) is 8.30. The third-order valence-electron chi connectivity index (χ3n) is 4.95. The molecule has 1 N–H and O–H groups in total. The minimum Gasteiger partial charge on any atom is -0.296 e. The molecule has 11 heteroatoms. The van der Waals surface area contributed by atoms with Crippen molar-refractivity contribution in [2.24, 2.45) is 0 Å². The second-order valence-corrected chi connectivity index (χ2v) is 8.23. The molecular formula is C21H17F3N4O3S. The Morgan fingerprint density at radius 1 is 1.16 bits per heavy atom. The number of thioether (sulfide) groups is 1. The Labute approximate surface area is 184 Å². The number of amides is 2. The highest BCUT2D eigenvalue weighted by atomic mass is 32.2. The zero-order valence-electron chi connectivity index (χ0n) is 16.7. The summed E-state index contributed by atoms with van der Waals surface area (Å²) in [6.07, 6.45) is -4.47. The second-order valence-electron chi connectivity index (χ2n) is 7.16. The van der Waals surface area contributed by atoms with Crippen molar-refractivity contribution in [3.05, 3.63) is 75.7 Å². The summed E-state index contributed by atoms with van der Waals surface area (Å²) in [4.78, 5) is 41.9. The van der Waals surface area contributed by atoms with Crippen molar-refractivity contribution >= 4 is 34.6 Å². The van der Waals surface area contributed by atoms with Gasteiger partial charge in [-0.2, -0.15) is 13.2 Å². The van der Waals surface area contributed by atoms with Crippen LogP contribution in [0.2, 0.25) is 0 Å². The third-order valence-corrected chi connectivity index (χ3v) is 6.17. The summed E-state index contributed by atoms with van der Waals surface area (Å²) < 4.78 is 39.8. The van der Waals surface area contributed by atoms with Gasteiger partial charge in [0.1, 0.15) is 17.6 Å². The van der Waals surface area contributed by atoms with Crippen LogP contribution < -0.4 is 11.0 Å². The van der Waals surface area contributed by atoms with Crippen molar-refractivity contribution in [1.82, 2.24) is 20.0 Å². The van der Waals surface area contributed by atoms with E-state index in [9.17, 15) is 27.6 Å². The number of para-hydroxylation sites is 2. The lowest BCUT2D eigenvalue weighted by Gasteiger charge is -2.25. The van der Waals surface area contributed by atoms with Crippen molar-refractivity contribution in [3.63, 3.8) is 0 Å². The Kier molecular flexibility index (Phi) is 5.68. The minimum atomic E-state index is -4.47. The standard InChI is InChI=1S/C21H17F3N4O3S/c1-12-19(31)27(16-5-3-2-4-15(16)25-12)10-17(29)26-28-18(30)11-32-20(28)13-6-8-14(9-7-13)21(22,23)24/h2-9,20H,10-11H2,1H3,(H,26,29). The Balaban J connectivity index is 1.56. The van der Waals surface area contributed by atoms with Crippen molar-refractivity contribution in [1.29, 1.82) is 0 Å². The number of fused-ring (bicyclic) bond motifs is 1. The number of aryl methyl sites for hydroxylation is 1. The smallest absolute Gasteiger partial charge is 0.296 e. The molecule has 7 nitrogen and oxygen atoms in total. The molecule has 1 unspecified atom stereocenters. The summed E-state index contributed by atoms with van der Waals surface area (Å²) in [6, 6.07) is 11.3. The molecule has 1 atom stereocenters. The number of hydrogen-bond donors (Lipinski definition) is 1. The molecule has 1 saturated heterocycles. The van der Waals surface area contributed by atoms with E-state index in [4.69, 9.17) is 0 Å². The Morgan fingerprint density at radius 3 is 2.53 bits per heavy atom. The fourth-order valence-corrected chi connectivity index (χ4v) is 4.53. The molecule has 0 saturated carbocycles. The number of benzene rings is 2. The highest BCUT2D eigenvalue weighted by molar-refractivity contribution is 8.00. The molecule has 2 amide bonds. The number of carbonyl (C=O) groups is 2. The van der Waals surface area contributed by atoms with E-state index in [1.807, 2.05) is 0 Å². The van der Waals surface area contributed by atoms with Crippen LogP contribution in [0.5, 0.6) is 0 Å². The predicted octanol–water partition coefficient (Wildman–Crippen LogP) is 3.03. The van der Waals surface area contributed by atoms with E-state index in [0.29, 0.717) is 16.6 Å². The molecule has 32 heavy (non-hydrogen) atoms. The maximum absolute atomic E-state index is 12.8. The Bertz CT molecular complexity index is 1260. The average molecular weight is 462 g/mol. The van der Waals surface area contributed by atoms with Gasteiger partial charge in [0.2, 0.25) is 0 Å². The van der Waals surface area contributed by atoms with Crippen LogP contribution in [0.3, 0.4) is 0 Å². The first kappa shape index (κ1) is 21.9. The van der Waals surface area contributed by atoms with E-state index < -0.39 is 34.5 Å². The number of nitrogens with one attached hydrogen (secondary N) is 1. The van der Waals surface area contributed by atoms with Crippen LogP contribution in [0, 0.1) is 6.92 Å². The number of rotatable bonds is 4. The number of carbonyl (C=O) groups excluding carboxylic acids is 2. The number of hydrogen-bond acceptors (Lipinski definition) is 5. The van der Waals surface area contributed by atoms with Gasteiger partial charge in [-0.25, -0.2) is 9.99 Å². The first-order valence-electron chi connectivity index (χ1n) is 9.51. The summed E-state index contributed by atoms with van der Waals surface area (Å²) in [5, 5.41) is 0.415. The van der Waals surface area contributed by atoms with Crippen LogP contribution in [-0.2, 0) is 22.3 Å². The fraction of sp³-hybridized carbons (Fsp3) is 0.238. The van der Waals surface area contributed by atoms with Gasteiger partial charge in [0.15, 0.2) is 0 Å². The van der Waals surface area contributed by atoms with Crippen molar-refractivity contribution in [2.75, 3.05) is 5.75 Å². The summed E-state index contributed by atoms with van der Waals surface area (Å²) in [5.41, 5.74) is 2.96. The van der Waals surface area contributed by atoms with Gasteiger partial charge in [-0.1, -0.05) is 24.3 Å². The molecule has 0 aliphatic carbocycles. The number of nitrogens with zero attached hydrogens (tertiary/aromatic N) is 3. The first-order valence-corrected chi connectivity index (χ1v) is 10.6. The largest absolute Gasteiger partial charge is 0.416 e. The van der Waals surface area contributed by atoms with Gasteiger partial charge in [0.25, 0.3) is 17.4 Å². The zero-order chi connectivity index (χ0) is 23.0. The van der Waals surface area contributed by atoms with Crippen LogP contribution in [-0.4, -0.2) is 32.1 Å². The molecule has 0 bridgehead atoms. The molecule has 166 valence electrons. The number of halogens is 3. The fourth-order valence-electron chi connectivity index (χ4n) is 3.42. The van der Waals surface area contributed by atoms with Crippen molar-refractivity contribution < 1.29 is 22.8 Å². The highest BCUT2D eigenvalue weighted by Crippen LogP contribution is 2.38. The summed E-state index contributed by atoms with van der Waals surface area (Å²) in [6.45, 7) is 1.20. The van der Waals surface area contributed by atoms with E-state index in [1.165, 1.54) is 28.5 Å². The van der Waals surface area contributed by atoms with E-state index in [1.54, 1.807) is 31.2 Å². The van der Waals surface area contributed by atoms with E-state index in [-0.39, 0.29) is 18.0 Å². The lowest BCUT2D eigenvalue weighted by molar-refractivity contribution is -0.139. The molecule has 2 aromatic carbocycles. The van der Waals surface area contributed by atoms with Gasteiger partial charge in [0.05, 0.1) is 22.3 Å². The average Bonchev–Trinajstić information content (AvgIpc) is 3.11. The van der Waals surface area contributed by atoms with Gasteiger partial charge < -0.3 is 0 Å². The van der Waals surface area contributed by atoms with Crippen LogP contribution in [0.15, 0.2) is 53.3 Å². The number of hydrazine groups is 1. The van der Waals surface area contributed by atoms with Crippen molar-refractivity contribution in [3.8, 4) is 0 Å². The monoisotopic (exact) mass is 462 g/mol. The minimum absolute atomic E-state index is 0.0587. The van der Waals surface area contributed by atoms with E-state index >= 15 is 0 Å². The quantitative estimate of drug-likeness (QED) is 0.645. The molecule has 1 fully saturated rings. The number of alkyl halides is 3. The number of aromatic nitrogens is 2. The molecule has 0 spiro atoms. The normalized spacial score (nSPS) is 16.6. The van der Waals surface area contributed by atoms with Crippen LogP contribution >= 0.6 is 11.8 Å². The van der Waals surface area contributed by atoms with Crippen LogP contribution in [0.1, 0.15) is 22.2 Å². The summed E-state index contributed by atoms with van der Waals surface area (Å²) >= 11 is 1.18. The maximum atomic E-state index is 12.8. The van der Waals surface area contributed by atoms with E-state index in [2.05, 4.69) is 10.4 Å². The summed E-state index contributed by atoms with van der Waals surface area (Å²) in [7, 11) is 0. The summed E-state index contributed by atoms with van der Waals surface area (Å²) in [5.74, 6) is -0.949. The van der Waals surface area contributed by atoms with Gasteiger partial charge >= 0.3 is 6.18 Å². The molecule has 2 heterocycles. The highest BCUT2D eigenvalue weighted by Gasteiger charge is 2.36. The van der Waals surface area contributed by atoms with Gasteiger partial charge in [-0.3, -0.25) is 24.4 Å². The molecule has 3 aromatic rings. The zero-order valence-corrected chi connectivity index (χ0v) is 17.5. The molecular weight excluding hydrogens is 445 g/mol. The SMILES string of the molecule is Cc1nc2ccccc2n(CC(=O)NN2C(=O)CSC2c2ccc(C(F)(F)F)cc2)c1=O. The Morgan fingerprint density at radius 2 is 1.84 bits per heavy atom. The molecule has 1 aliphatic heterocycles. The van der Waals surface area contributed by atoms with Crippen LogP contribution in [0.4, 0.5) is 13.2 Å². The predicted molar refractivity (Wildman–Crippen MR) is 112 cm³/mol. The van der Waals surface area contributed by atoms with Gasteiger partial charge in [-0.05, 0) is 36.8 Å². The van der Waals surface area contributed by atoms with Crippen LogP contribution in [0.25, 0.3) is 11.0 Å². The lowest BCUT2D eigenvalue weighted by atomic mass is 10.1. The third kappa shape index (κ3) is 4.20. The first-order chi connectivity index (χ1) is 15.1. The molecule has 0 radical (unpaired) electrons. The van der Waals surface area contributed by atoms with E-state index in [0.717, 1.165) is 17.1 Å².